The van der Waals surface area contributed by atoms with Gasteiger partial charge in [0.25, 0.3) is 0 Å². The first-order valence-corrected chi connectivity index (χ1v) is 9.55. The van der Waals surface area contributed by atoms with E-state index in [1.807, 2.05) is 0 Å². The molecule has 0 radical (unpaired) electrons. The van der Waals surface area contributed by atoms with Crippen LogP contribution in [0.4, 0.5) is 25.2 Å². The van der Waals surface area contributed by atoms with E-state index >= 15 is 0 Å². The van der Waals surface area contributed by atoms with Crippen LogP contribution in [0.3, 0.4) is 0 Å². The van der Waals surface area contributed by atoms with Crippen molar-refractivity contribution in [3.05, 3.63) is 54.1 Å². The molecule has 0 amide bonds. The Bertz CT molecular complexity index is 551. The van der Waals surface area contributed by atoms with E-state index in [0.717, 1.165) is 15.0 Å². The summed E-state index contributed by atoms with van der Waals surface area (Å²) < 4.78 is 60.7. The van der Waals surface area contributed by atoms with Crippen molar-refractivity contribution < 1.29 is 40.1 Å². The Morgan fingerprint density at radius 2 is 1.36 bits per heavy atom. The molecule has 1 aromatic carbocycles. The maximum absolute atomic E-state index is 10.7. The van der Waals surface area contributed by atoms with E-state index in [2.05, 4.69) is 62.4 Å². The molecule has 2 rings (SSSR count). The minimum absolute atomic E-state index is 0.602. The molecule has 22 heavy (non-hydrogen) atoms. The fourth-order valence-electron chi connectivity index (χ4n) is 1.62. The number of hydrogen-bond donors (Lipinski definition) is 0. The van der Waals surface area contributed by atoms with Crippen LogP contribution in [0.2, 0.25) is 4.82 Å². The van der Waals surface area contributed by atoms with Gasteiger partial charge in [-0.3, -0.25) is 0 Å². The Hall–Kier alpha value is -0.771. The van der Waals surface area contributed by atoms with Crippen LogP contribution in [0.15, 0.2) is 48.6 Å². The molecule has 0 spiro atoms. The topological polar surface area (TPSA) is 0 Å². The second-order valence-electron chi connectivity index (χ2n) is 4.92. The molecule has 0 saturated heterocycles. The number of allylic oxidation sites excluding steroid dienone is 4. The second kappa shape index (κ2) is 6.03. The van der Waals surface area contributed by atoms with Gasteiger partial charge < -0.3 is 0 Å². The molecular formula is C14H16F6FeP. The third-order valence-electron chi connectivity index (χ3n) is 2.44. The van der Waals surface area contributed by atoms with Crippen molar-refractivity contribution in [2.45, 2.75) is 24.6 Å². The summed E-state index contributed by atoms with van der Waals surface area (Å²) in [7, 11) is -10.7. The van der Waals surface area contributed by atoms with E-state index in [9.17, 15) is 25.2 Å². The van der Waals surface area contributed by atoms with Crippen molar-refractivity contribution in [3.63, 3.8) is 0 Å². The average molecular weight is 385 g/mol. The molecule has 0 nitrogen and oxygen atoms in total. The zero-order valence-electron chi connectivity index (χ0n) is 11.8. The van der Waals surface area contributed by atoms with Gasteiger partial charge in [0.15, 0.2) is 0 Å². The summed E-state index contributed by atoms with van der Waals surface area (Å²) in [5.74, 6) is 0.621. The van der Waals surface area contributed by atoms with Gasteiger partial charge >= 0.3 is 131 Å². The summed E-state index contributed by atoms with van der Waals surface area (Å²) in [6, 6.07) is 8.79. The molecule has 8 heteroatoms. The Labute approximate surface area is 131 Å². The van der Waals surface area contributed by atoms with E-state index < -0.39 is 7.81 Å². The maximum atomic E-state index is 9.87. The van der Waals surface area contributed by atoms with Crippen LogP contribution in [0.1, 0.15) is 25.3 Å². The average Bonchev–Trinajstić information content (AvgIpc) is 2.78. The van der Waals surface area contributed by atoms with Crippen molar-refractivity contribution in [2.24, 2.45) is 0 Å². The summed E-state index contributed by atoms with van der Waals surface area (Å²) >= 11 is 1.14. The Morgan fingerprint density at radius 3 is 1.82 bits per heavy atom. The molecule has 0 N–H and O–H groups in total. The van der Waals surface area contributed by atoms with Crippen LogP contribution in [0.5, 0.6) is 0 Å². The van der Waals surface area contributed by atoms with Gasteiger partial charge in [-0.25, -0.2) is 0 Å². The third-order valence-corrected chi connectivity index (χ3v) is 4.07. The van der Waals surface area contributed by atoms with E-state index in [1.165, 1.54) is 10.0 Å². The summed E-state index contributed by atoms with van der Waals surface area (Å²) in [5, 5.41) is 0. The quantitative estimate of drug-likeness (QED) is 0.305. The van der Waals surface area contributed by atoms with Crippen LogP contribution < -0.4 is 4.46 Å². The molecule has 0 aromatic heterocycles. The molecule has 0 bridgehead atoms. The van der Waals surface area contributed by atoms with Crippen LogP contribution >= 0.6 is 7.81 Å². The van der Waals surface area contributed by atoms with Crippen molar-refractivity contribution in [3.8, 4) is 0 Å². The van der Waals surface area contributed by atoms with Crippen molar-refractivity contribution >= 4 is 12.3 Å². The van der Waals surface area contributed by atoms with Crippen LogP contribution in [-0.4, -0.2) is 0 Å². The van der Waals surface area contributed by atoms with Gasteiger partial charge in [0.05, 0.1) is 0 Å². The van der Waals surface area contributed by atoms with E-state index in [0.29, 0.717) is 10.7 Å². The molecule has 0 aliphatic heterocycles. The standard InChI is InChI=1S/C9H11.C5H5.F6P.Fe/c1-8(2)9-6-4-3-5-7-9;1-2-4-5-3-1;1-7(2,3,4,5)6;/h3-6,8H,1-2H3;1-5H;;/q;;-1;+1. The zero-order chi connectivity index (χ0) is 17.1. The monoisotopic (exact) mass is 385 g/mol. The summed E-state index contributed by atoms with van der Waals surface area (Å²) in [6.07, 6.45) is 8.83. The third kappa shape index (κ3) is 10.0. The number of halogens is 6. The number of rotatable bonds is 3. The van der Waals surface area contributed by atoms with Gasteiger partial charge in [0, 0.05) is 0 Å². The fraction of sp³-hybridized carbons (Fsp3) is 0.286. The van der Waals surface area contributed by atoms with Gasteiger partial charge in [-0.15, -0.1) is 0 Å². The molecule has 127 valence electrons. The second-order valence-corrected chi connectivity index (χ2v) is 8.49. The molecule has 1 aliphatic carbocycles. The summed E-state index contributed by atoms with van der Waals surface area (Å²) in [5.41, 5.74) is 1.49. The first kappa shape index (κ1) is 19.3. The predicted molar refractivity (Wildman–Crippen MR) is 75.8 cm³/mol. The van der Waals surface area contributed by atoms with Gasteiger partial charge in [-0.1, -0.05) is 0 Å². The molecule has 1 aliphatic rings. The van der Waals surface area contributed by atoms with Crippen molar-refractivity contribution in [1.29, 1.82) is 0 Å². The first-order chi connectivity index (χ1) is 9.72. The van der Waals surface area contributed by atoms with Gasteiger partial charge in [-0.2, -0.15) is 0 Å². The van der Waals surface area contributed by atoms with E-state index in [4.69, 9.17) is 0 Å². The molecule has 0 unspecified atom stereocenters. The molecule has 0 atom stereocenters. The Kier molecular flexibility index (Phi) is 5.28. The fourth-order valence-corrected chi connectivity index (χ4v) is 3.28. The summed E-state index contributed by atoms with van der Waals surface area (Å²) in [6.45, 7) is 4.53. The van der Waals surface area contributed by atoms with Crippen LogP contribution in [0, 0.1) is 0 Å². The van der Waals surface area contributed by atoms with E-state index in [1.54, 1.807) is 0 Å². The molecule has 1 aromatic rings. The Morgan fingerprint density at radius 1 is 0.909 bits per heavy atom. The van der Waals surface area contributed by atoms with E-state index in [-0.39, 0.29) is 0 Å². The molecular weight excluding hydrogens is 369 g/mol. The molecule has 0 heterocycles. The first-order valence-electron chi connectivity index (χ1n) is 6.33. The molecule has 0 saturated carbocycles. The van der Waals surface area contributed by atoms with Gasteiger partial charge in [0.1, 0.15) is 0 Å². The van der Waals surface area contributed by atoms with Crippen molar-refractivity contribution in [1.82, 2.24) is 0 Å². The minimum atomic E-state index is -10.7. The Balaban J connectivity index is 0.000000295. The number of benzene rings is 1. The van der Waals surface area contributed by atoms with Crippen molar-refractivity contribution in [2.75, 3.05) is 0 Å². The van der Waals surface area contributed by atoms with Gasteiger partial charge in [-0.05, 0) is 0 Å². The van der Waals surface area contributed by atoms with Gasteiger partial charge in [0.2, 0.25) is 0 Å². The van der Waals surface area contributed by atoms with Crippen LogP contribution in [-0.2, 0) is 15.0 Å². The number of hydrogen-bond acceptors (Lipinski definition) is 0. The predicted octanol–water partition coefficient (Wildman–Crippen LogP) is 6.81. The normalized spacial score (nSPS) is 17.9. The zero-order valence-corrected chi connectivity index (χ0v) is 13.8. The molecule has 0 fully saturated rings. The summed E-state index contributed by atoms with van der Waals surface area (Å²) in [4.78, 5) is 0.602. The SMILES string of the molecule is CC(C)c1cccc[c]1[Fe+][CH]1C=CC=C1.F[P-](F)(F)(F)(F)F. The van der Waals surface area contributed by atoms with Crippen LogP contribution in [0.25, 0.3) is 0 Å².